The maximum atomic E-state index is 13.3. The highest BCUT2D eigenvalue weighted by molar-refractivity contribution is 9.10. The Kier molecular flexibility index (Phi) is 8.80. The third-order valence-corrected chi connectivity index (χ3v) is 7.10. The summed E-state index contributed by atoms with van der Waals surface area (Å²) >= 11 is 3.38. The highest BCUT2D eigenvalue weighted by atomic mass is 79.9. The maximum absolute atomic E-state index is 13.3. The standard InChI is InChI=1S/C24H24BrN3O5S/c1-32-21-9-11-22(12-10-21)34(30,31)28(16-18-6-4-3-5-7-18)17-24(29)27-26-15-19-14-20(25)8-13-23(19)33-2/h3-15H,16-17H2,1-2H3,(H,27,29)/b26-15+. The molecule has 0 unspecified atom stereocenters. The molecule has 0 bridgehead atoms. The number of hydrogen-bond acceptors (Lipinski definition) is 6. The van der Waals surface area contributed by atoms with Crippen LogP contribution in [-0.4, -0.2) is 45.6 Å². The molecule has 3 aromatic carbocycles. The van der Waals surface area contributed by atoms with Crippen LogP contribution in [0.5, 0.6) is 11.5 Å². The number of nitrogens with one attached hydrogen (secondary N) is 1. The first-order chi connectivity index (χ1) is 16.3. The van der Waals surface area contributed by atoms with Crippen LogP contribution in [0.2, 0.25) is 0 Å². The van der Waals surface area contributed by atoms with E-state index in [1.54, 1.807) is 36.4 Å². The molecule has 0 aliphatic heterocycles. The minimum atomic E-state index is -3.97. The number of ether oxygens (including phenoxy) is 2. The van der Waals surface area contributed by atoms with Crippen molar-refractivity contribution in [2.45, 2.75) is 11.4 Å². The third-order valence-electron chi connectivity index (χ3n) is 4.80. The van der Waals surface area contributed by atoms with Crippen LogP contribution in [0.25, 0.3) is 0 Å². The lowest BCUT2D eigenvalue weighted by molar-refractivity contribution is -0.121. The number of hydrogen-bond donors (Lipinski definition) is 1. The molecule has 8 nitrogen and oxygen atoms in total. The molecule has 0 aliphatic rings. The van der Waals surface area contributed by atoms with Gasteiger partial charge in [0.1, 0.15) is 11.5 Å². The molecule has 0 spiro atoms. The molecule has 178 valence electrons. The fourth-order valence-corrected chi connectivity index (χ4v) is 4.85. The third kappa shape index (κ3) is 6.66. The van der Waals surface area contributed by atoms with Crippen molar-refractivity contribution in [3.63, 3.8) is 0 Å². The number of hydrazone groups is 1. The van der Waals surface area contributed by atoms with Gasteiger partial charge in [0.05, 0.1) is 31.9 Å². The van der Waals surface area contributed by atoms with Gasteiger partial charge in [0.15, 0.2) is 0 Å². The smallest absolute Gasteiger partial charge is 0.255 e. The average Bonchev–Trinajstić information content (AvgIpc) is 2.84. The lowest BCUT2D eigenvalue weighted by Gasteiger charge is -2.21. The first-order valence-corrected chi connectivity index (χ1v) is 12.4. The molecule has 3 rings (SSSR count). The Balaban J connectivity index is 1.79. The summed E-state index contributed by atoms with van der Waals surface area (Å²) in [5, 5.41) is 3.97. The van der Waals surface area contributed by atoms with Crippen molar-refractivity contribution in [3.8, 4) is 11.5 Å². The monoisotopic (exact) mass is 545 g/mol. The molecule has 0 radical (unpaired) electrons. The van der Waals surface area contributed by atoms with Crippen molar-refractivity contribution in [3.05, 3.63) is 88.4 Å². The van der Waals surface area contributed by atoms with Gasteiger partial charge in [0.2, 0.25) is 10.0 Å². The summed E-state index contributed by atoms with van der Waals surface area (Å²) in [7, 11) is -0.942. The van der Waals surface area contributed by atoms with Gasteiger partial charge in [-0.1, -0.05) is 46.3 Å². The molecule has 0 atom stereocenters. The average molecular weight is 546 g/mol. The van der Waals surface area contributed by atoms with Gasteiger partial charge in [-0.05, 0) is 48.0 Å². The maximum Gasteiger partial charge on any atom is 0.255 e. The minimum absolute atomic E-state index is 0.0196. The zero-order valence-corrected chi connectivity index (χ0v) is 21.0. The Bertz CT molecular complexity index is 1250. The van der Waals surface area contributed by atoms with Crippen molar-refractivity contribution in [2.75, 3.05) is 20.8 Å². The lowest BCUT2D eigenvalue weighted by Crippen LogP contribution is -2.39. The number of rotatable bonds is 10. The highest BCUT2D eigenvalue weighted by Gasteiger charge is 2.27. The molecule has 0 saturated heterocycles. The van der Waals surface area contributed by atoms with Crippen LogP contribution in [0.15, 0.2) is 87.3 Å². The molecule has 1 amide bonds. The van der Waals surface area contributed by atoms with Crippen molar-refractivity contribution in [1.29, 1.82) is 0 Å². The van der Waals surface area contributed by atoms with E-state index in [4.69, 9.17) is 9.47 Å². The first kappa shape index (κ1) is 25.4. The molecule has 1 N–H and O–H groups in total. The van der Waals surface area contributed by atoms with Crippen LogP contribution in [0, 0.1) is 0 Å². The number of benzene rings is 3. The summed E-state index contributed by atoms with van der Waals surface area (Å²) < 4.78 is 39.0. The summed E-state index contributed by atoms with van der Waals surface area (Å²) in [6, 6.07) is 20.4. The number of methoxy groups -OCH3 is 2. The van der Waals surface area contributed by atoms with Crippen molar-refractivity contribution < 1.29 is 22.7 Å². The number of carbonyl (C=O) groups is 1. The number of sulfonamides is 1. The highest BCUT2D eigenvalue weighted by Crippen LogP contribution is 2.22. The minimum Gasteiger partial charge on any atom is -0.497 e. The number of amides is 1. The zero-order chi connectivity index (χ0) is 24.6. The summed E-state index contributed by atoms with van der Waals surface area (Å²) in [5.41, 5.74) is 3.78. The van der Waals surface area contributed by atoms with Gasteiger partial charge in [-0.3, -0.25) is 4.79 Å². The molecule has 0 saturated carbocycles. The van der Waals surface area contributed by atoms with Gasteiger partial charge in [-0.2, -0.15) is 9.41 Å². The number of halogens is 1. The number of nitrogens with zero attached hydrogens (tertiary/aromatic N) is 2. The van der Waals surface area contributed by atoms with Crippen molar-refractivity contribution in [1.82, 2.24) is 9.73 Å². The summed E-state index contributed by atoms with van der Waals surface area (Å²) in [6.07, 6.45) is 1.43. The SMILES string of the molecule is COc1ccc(S(=O)(=O)N(CC(=O)N/N=C/c2cc(Br)ccc2OC)Cc2ccccc2)cc1. The van der Waals surface area contributed by atoms with Crippen LogP contribution in [0.3, 0.4) is 0 Å². The van der Waals surface area contributed by atoms with Gasteiger partial charge in [0.25, 0.3) is 5.91 Å². The van der Waals surface area contributed by atoms with E-state index in [0.29, 0.717) is 17.1 Å². The topological polar surface area (TPSA) is 97.3 Å². The summed E-state index contributed by atoms with van der Waals surface area (Å²) in [6.45, 7) is -0.401. The van der Waals surface area contributed by atoms with Crippen LogP contribution >= 0.6 is 15.9 Å². The lowest BCUT2D eigenvalue weighted by atomic mass is 10.2. The first-order valence-electron chi connectivity index (χ1n) is 10.2. The van der Waals surface area contributed by atoms with E-state index in [0.717, 1.165) is 14.3 Å². The number of carbonyl (C=O) groups excluding carboxylic acids is 1. The van der Waals surface area contributed by atoms with Crippen molar-refractivity contribution in [2.24, 2.45) is 5.10 Å². The van der Waals surface area contributed by atoms with Crippen molar-refractivity contribution >= 4 is 38.1 Å². The normalized spacial score (nSPS) is 11.5. The Morgan fingerprint density at radius 2 is 1.74 bits per heavy atom. The molecule has 0 fully saturated rings. The van der Waals surface area contributed by atoms with E-state index >= 15 is 0 Å². The summed E-state index contributed by atoms with van der Waals surface area (Å²) in [4.78, 5) is 12.7. The molecular formula is C24H24BrN3O5S. The summed E-state index contributed by atoms with van der Waals surface area (Å²) in [5.74, 6) is 0.524. The predicted octanol–water partition coefficient (Wildman–Crippen LogP) is 3.81. The van der Waals surface area contributed by atoms with E-state index in [-0.39, 0.29) is 11.4 Å². The Morgan fingerprint density at radius 1 is 1.03 bits per heavy atom. The van der Waals surface area contributed by atoms with E-state index in [2.05, 4.69) is 26.5 Å². The second-order valence-electron chi connectivity index (χ2n) is 7.11. The van der Waals surface area contributed by atoms with Gasteiger partial charge < -0.3 is 9.47 Å². The van der Waals surface area contributed by atoms with Gasteiger partial charge >= 0.3 is 0 Å². The van der Waals surface area contributed by atoms with Crippen LogP contribution in [0.4, 0.5) is 0 Å². The second kappa shape index (κ2) is 11.8. The Morgan fingerprint density at radius 3 is 2.38 bits per heavy atom. The molecule has 10 heteroatoms. The molecule has 0 aromatic heterocycles. The zero-order valence-electron chi connectivity index (χ0n) is 18.6. The molecule has 34 heavy (non-hydrogen) atoms. The fourth-order valence-electron chi connectivity index (χ4n) is 3.09. The van der Waals surface area contributed by atoms with E-state index < -0.39 is 22.5 Å². The molecule has 0 heterocycles. The fraction of sp³-hybridized carbons (Fsp3) is 0.167. The molecular weight excluding hydrogens is 522 g/mol. The van der Waals surface area contributed by atoms with Gasteiger partial charge in [-0.25, -0.2) is 13.8 Å². The van der Waals surface area contributed by atoms with Crippen LogP contribution in [-0.2, 0) is 21.4 Å². The van der Waals surface area contributed by atoms with E-state index in [1.807, 2.05) is 24.3 Å². The Hall–Kier alpha value is -3.21. The quantitative estimate of drug-likeness (QED) is 0.308. The second-order valence-corrected chi connectivity index (χ2v) is 9.97. The predicted molar refractivity (Wildman–Crippen MR) is 133 cm³/mol. The van der Waals surface area contributed by atoms with Gasteiger partial charge in [0, 0.05) is 16.6 Å². The molecule has 3 aromatic rings. The van der Waals surface area contributed by atoms with Gasteiger partial charge in [-0.15, -0.1) is 0 Å². The van der Waals surface area contributed by atoms with E-state index in [9.17, 15) is 13.2 Å². The largest absolute Gasteiger partial charge is 0.497 e. The van der Waals surface area contributed by atoms with Crippen LogP contribution < -0.4 is 14.9 Å². The molecule has 0 aliphatic carbocycles. The van der Waals surface area contributed by atoms with Crippen LogP contribution in [0.1, 0.15) is 11.1 Å². The Labute approximate surface area is 207 Å². The van der Waals surface area contributed by atoms with E-state index in [1.165, 1.54) is 32.6 Å².